The fourth-order valence-electron chi connectivity index (χ4n) is 1.12. The van der Waals surface area contributed by atoms with Crippen LogP contribution in [-0.4, -0.2) is 20.4 Å². The lowest BCUT2D eigenvalue weighted by Gasteiger charge is -2.10. The molecule has 1 atom stereocenters. The molecule has 0 aromatic rings. The number of allylic oxidation sites excluding steroid dienone is 3. The van der Waals surface area contributed by atoms with Crippen LogP contribution < -0.4 is 0 Å². The first-order valence-electron chi connectivity index (χ1n) is 5.55. The molecule has 0 aromatic heterocycles. The van der Waals surface area contributed by atoms with E-state index in [1.807, 2.05) is 20.8 Å². The van der Waals surface area contributed by atoms with E-state index < -0.39 is 14.6 Å². The molecule has 0 aliphatic rings. The van der Waals surface area contributed by atoms with Crippen LogP contribution in [0.5, 0.6) is 0 Å². The molecule has 0 fully saturated rings. The van der Waals surface area contributed by atoms with E-state index >= 15 is 0 Å². The molecule has 19 heavy (non-hydrogen) atoms. The van der Waals surface area contributed by atoms with Crippen LogP contribution >= 0.6 is 26.0 Å². The van der Waals surface area contributed by atoms with E-state index in [0.717, 1.165) is 18.4 Å². The standard InChI is InChI=1S/C10H20O6P2S/c1-9(2)5-4-6-10(3)7-8-19-18(14,15)16-17(11,12)13/h5,7H,4,6,8H2,1-3H3,(H,14,15)(H2,11,12,13). The van der Waals surface area contributed by atoms with Crippen molar-refractivity contribution >= 4 is 26.0 Å². The normalized spacial score (nSPS) is 16.0. The van der Waals surface area contributed by atoms with Gasteiger partial charge in [0.1, 0.15) is 0 Å². The SMILES string of the molecule is CC(C)=CCCC(C)=CCSP(=O)(O)OP(=O)(O)O. The van der Waals surface area contributed by atoms with E-state index in [-0.39, 0.29) is 5.75 Å². The molecule has 0 spiro atoms. The molecule has 0 heterocycles. The van der Waals surface area contributed by atoms with E-state index in [0.29, 0.717) is 11.4 Å². The molecule has 112 valence electrons. The molecule has 0 radical (unpaired) electrons. The molecule has 0 saturated heterocycles. The van der Waals surface area contributed by atoms with E-state index in [1.54, 1.807) is 6.08 Å². The van der Waals surface area contributed by atoms with Crippen molar-refractivity contribution < 1.29 is 28.1 Å². The van der Waals surface area contributed by atoms with Gasteiger partial charge in [-0.1, -0.05) is 23.3 Å². The van der Waals surface area contributed by atoms with Gasteiger partial charge in [-0.2, -0.15) is 4.31 Å². The van der Waals surface area contributed by atoms with Gasteiger partial charge in [0.05, 0.1) is 0 Å². The second-order valence-electron chi connectivity index (χ2n) is 4.21. The van der Waals surface area contributed by atoms with Gasteiger partial charge >= 0.3 is 14.6 Å². The van der Waals surface area contributed by atoms with Crippen LogP contribution in [-0.2, 0) is 13.4 Å². The van der Waals surface area contributed by atoms with Crippen molar-refractivity contribution in [2.24, 2.45) is 0 Å². The summed E-state index contributed by atoms with van der Waals surface area (Å²) in [5, 5.41) is 0. The van der Waals surface area contributed by atoms with Gasteiger partial charge in [-0.05, 0) is 45.0 Å². The topological polar surface area (TPSA) is 104 Å². The first-order valence-corrected chi connectivity index (χ1v) is 10.2. The fraction of sp³-hybridized carbons (Fsp3) is 0.600. The average molecular weight is 330 g/mol. The van der Waals surface area contributed by atoms with Gasteiger partial charge < -0.3 is 14.7 Å². The fourth-order valence-corrected chi connectivity index (χ4v) is 4.93. The van der Waals surface area contributed by atoms with Crippen LogP contribution in [0.2, 0.25) is 0 Å². The molecule has 0 bridgehead atoms. The van der Waals surface area contributed by atoms with Crippen molar-refractivity contribution in [1.29, 1.82) is 0 Å². The third-order valence-electron chi connectivity index (χ3n) is 1.97. The highest BCUT2D eigenvalue weighted by molar-refractivity contribution is 8.55. The molecule has 0 rings (SSSR count). The summed E-state index contributed by atoms with van der Waals surface area (Å²) in [6.07, 6.45) is 5.57. The highest BCUT2D eigenvalue weighted by atomic mass is 32.7. The zero-order chi connectivity index (χ0) is 15.1. The molecular formula is C10H20O6P2S. The molecule has 0 aliphatic heterocycles. The first kappa shape index (κ1) is 19.1. The van der Waals surface area contributed by atoms with Crippen molar-refractivity contribution in [2.75, 3.05) is 5.75 Å². The second-order valence-corrected chi connectivity index (χ2v) is 9.53. The Labute approximate surface area is 117 Å². The van der Waals surface area contributed by atoms with Gasteiger partial charge in [-0.15, -0.1) is 0 Å². The smallest absolute Gasteiger partial charge is 0.316 e. The predicted octanol–water partition coefficient (Wildman–Crippen LogP) is 3.62. The van der Waals surface area contributed by atoms with Crippen LogP contribution in [0.4, 0.5) is 0 Å². The van der Waals surface area contributed by atoms with Crippen LogP contribution in [0.15, 0.2) is 23.3 Å². The number of rotatable bonds is 8. The minimum absolute atomic E-state index is 0.161. The van der Waals surface area contributed by atoms with Gasteiger partial charge in [-0.25, -0.2) is 9.13 Å². The predicted molar refractivity (Wildman–Crippen MR) is 77.8 cm³/mol. The molecule has 3 N–H and O–H groups in total. The molecule has 0 amide bonds. The van der Waals surface area contributed by atoms with Crippen molar-refractivity contribution in [3.63, 3.8) is 0 Å². The van der Waals surface area contributed by atoms with Crippen molar-refractivity contribution in [1.82, 2.24) is 0 Å². The van der Waals surface area contributed by atoms with Gasteiger partial charge in [0, 0.05) is 5.75 Å². The van der Waals surface area contributed by atoms with E-state index in [1.165, 1.54) is 5.57 Å². The summed E-state index contributed by atoms with van der Waals surface area (Å²) in [6.45, 7) is 1.60. The largest absolute Gasteiger partial charge is 0.477 e. The lowest BCUT2D eigenvalue weighted by molar-refractivity contribution is 0.270. The summed E-state index contributed by atoms with van der Waals surface area (Å²) < 4.78 is 25.6. The Kier molecular flexibility index (Phi) is 8.48. The number of hydrogen-bond acceptors (Lipinski definition) is 4. The quantitative estimate of drug-likeness (QED) is 0.461. The molecule has 0 aliphatic carbocycles. The second kappa shape index (κ2) is 8.42. The minimum Gasteiger partial charge on any atom is -0.316 e. The summed E-state index contributed by atoms with van der Waals surface area (Å²) in [6, 6.07) is 0. The third-order valence-corrected chi connectivity index (χ3v) is 6.31. The highest BCUT2D eigenvalue weighted by Crippen LogP contribution is 2.64. The van der Waals surface area contributed by atoms with Crippen molar-refractivity contribution in [2.45, 2.75) is 33.6 Å². The summed E-state index contributed by atoms with van der Waals surface area (Å²) >= 11 is 0.479. The lowest BCUT2D eigenvalue weighted by Crippen LogP contribution is -1.86. The summed E-state index contributed by atoms with van der Waals surface area (Å²) in [5.41, 5.74) is 2.28. The summed E-state index contributed by atoms with van der Waals surface area (Å²) in [4.78, 5) is 26.1. The van der Waals surface area contributed by atoms with E-state index in [9.17, 15) is 14.0 Å². The Morgan fingerprint density at radius 2 is 1.74 bits per heavy atom. The third kappa shape index (κ3) is 12.9. The zero-order valence-electron chi connectivity index (χ0n) is 11.1. The Hall–Kier alpha value is 0.130. The van der Waals surface area contributed by atoms with Gasteiger partial charge in [0.2, 0.25) is 0 Å². The van der Waals surface area contributed by atoms with E-state index in [2.05, 4.69) is 10.4 Å². The van der Waals surface area contributed by atoms with E-state index in [4.69, 9.17) is 9.79 Å². The summed E-state index contributed by atoms with van der Waals surface area (Å²) in [7, 11) is -4.94. The van der Waals surface area contributed by atoms with Gasteiger partial charge in [0.25, 0.3) is 0 Å². The lowest BCUT2D eigenvalue weighted by atomic mass is 10.1. The number of hydrogen-bond donors (Lipinski definition) is 3. The zero-order valence-corrected chi connectivity index (χ0v) is 13.8. The Balaban J connectivity index is 4.16. The first-order chi connectivity index (χ1) is 8.52. The van der Waals surface area contributed by atoms with Crippen LogP contribution in [0.25, 0.3) is 0 Å². The van der Waals surface area contributed by atoms with Gasteiger partial charge in [0.15, 0.2) is 0 Å². The number of phosphoric acid groups is 1. The summed E-state index contributed by atoms with van der Waals surface area (Å²) in [5.74, 6) is 0.161. The minimum atomic E-state index is -4.94. The monoisotopic (exact) mass is 330 g/mol. The van der Waals surface area contributed by atoms with Crippen molar-refractivity contribution in [3.8, 4) is 0 Å². The highest BCUT2D eigenvalue weighted by Gasteiger charge is 2.30. The Bertz CT molecular complexity index is 435. The maximum atomic E-state index is 11.3. The van der Waals surface area contributed by atoms with Crippen LogP contribution in [0.3, 0.4) is 0 Å². The molecule has 6 nitrogen and oxygen atoms in total. The van der Waals surface area contributed by atoms with Gasteiger partial charge in [-0.3, -0.25) is 0 Å². The molecule has 1 unspecified atom stereocenters. The maximum Gasteiger partial charge on any atom is 0.477 e. The average Bonchev–Trinajstić information content (AvgIpc) is 2.12. The Morgan fingerprint density at radius 1 is 1.16 bits per heavy atom. The molecular weight excluding hydrogens is 310 g/mol. The Morgan fingerprint density at radius 3 is 2.21 bits per heavy atom. The molecule has 0 aromatic carbocycles. The molecule has 0 saturated carbocycles. The van der Waals surface area contributed by atoms with Crippen molar-refractivity contribution in [3.05, 3.63) is 23.3 Å². The maximum absolute atomic E-state index is 11.3. The molecule has 9 heteroatoms. The van der Waals surface area contributed by atoms with Crippen LogP contribution in [0, 0.1) is 0 Å². The van der Waals surface area contributed by atoms with Crippen LogP contribution in [0.1, 0.15) is 33.6 Å².